The number of nitrogens with zero attached hydrogens (tertiary/aromatic N) is 1. The Kier molecular flexibility index (Phi) is 6.60. The Bertz CT molecular complexity index is 786. The van der Waals surface area contributed by atoms with E-state index in [9.17, 15) is 9.59 Å². The van der Waals surface area contributed by atoms with E-state index in [-0.39, 0.29) is 0 Å². The van der Waals surface area contributed by atoms with E-state index in [0.29, 0.717) is 17.1 Å². The standard InChI is InChI=1S/C20H25N3O3/c1-5-23(6-2)15-11-12-16(14(3)13-15)21-19(24)20(25)22-17-9-7-8-10-18(17)26-4/h7-13H,5-6H2,1-4H3,(H,21,24)(H,22,25). The van der Waals surface area contributed by atoms with E-state index in [0.717, 1.165) is 24.3 Å². The van der Waals surface area contributed by atoms with Crippen molar-refractivity contribution in [3.8, 4) is 5.75 Å². The Balaban J connectivity index is 2.08. The van der Waals surface area contributed by atoms with E-state index >= 15 is 0 Å². The monoisotopic (exact) mass is 355 g/mol. The lowest BCUT2D eigenvalue weighted by Gasteiger charge is -2.22. The van der Waals surface area contributed by atoms with Crippen LogP contribution in [0.4, 0.5) is 17.1 Å². The summed E-state index contributed by atoms with van der Waals surface area (Å²) in [5.41, 5.74) is 3.04. The number of methoxy groups -OCH3 is 1. The molecule has 138 valence electrons. The van der Waals surface area contributed by atoms with Crippen molar-refractivity contribution < 1.29 is 14.3 Å². The lowest BCUT2D eigenvalue weighted by atomic mass is 10.1. The zero-order valence-corrected chi connectivity index (χ0v) is 15.6. The number of rotatable bonds is 6. The van der Waals surface area contributed by atoms with Gasteiger partial charge in [0.1, 0.15) is 5.75 Å². The Morgan fingerprint density at radius 3 is 2.15 bits per heavy atom. The SMILES string of the molecule is CCN(CC)c1ccc(NC(=O)C(=O)Nc2ccccc2OC)c(C)c1. The largest absolute Gasteiger partial charge is 0.495 e. The van der Waals surface area contributed by atoms with Gasteiger partial charge in [-0.15, -0.1) is 0 Å². The van der Waals surface area contributed by atoms with Crippen molar-refractivity contribution in [2.45, 2.75) is 20.8 Å². The van der Waals surface area contributed by atoms with Gasteiger partial charge in [-0.3, -0.25) is 9.59 Å². The molecule has 0 aliphatic heterocycles. The van der Waals surface area contributed by atoms with Crippen molar-refractivity contribution in [3.63, 3.8) is 0 Å². The van der Waals surface area contributed by atoms with E-state index in [1.165, 1.54) is 7.11 Å². The number of benzene rings is 2. The van der Waals surface area contributed by atoms with Gasteiger partial charge in [0.2, 0.25) is 0 Å². The van der Waals surface area contributed by atoms with Gasteiger partial charge in [-0.2, -0.15) is 0 Å². The topological polar surface area (TPSA) is 70.7 Å². The highest BCUT2D eigenvalue weighted by Crippen LogP contribution is 2.24. The first kappa shape index (κ1) is 19.3. The van der Waals surface area contributed by atoms with Gasteiger partial charge in [-0.25, -0.2) is 0 Å². The van der Waals surface area contributed by atoms with Crippen LogP contribution in [-0.2, 0) is 9.59 Å². The first-order chi connectivity index (χ1) is 12.5. The number of anilines is 3. The van der Waals surface area contributed by atoms with Gasteiger partial charge >= 0.3 is 11.8 Å². The predicted molar refractivity (Wildman–Crippen MR) is 105 cm³/mol. The Hall–Kier alpha value is -3.02. The van der Waals surface area contributed by atoms with E-state index in [1.807, 2.05) is 25.1 Å². The van der Waals surface area contributed by atoms with E-state index in [1.54, 1.807) is 24.3 Å². The van der Waals surface area contributed by atoms with Crippen molar-refractivity contribution in [1.29, 1.82) is 0 Å². The van der Waals surface area contributed by atoms with Gasteiger partial charge in [0.15, 0.2) is 0 Å². The Morgan fingerprint density at radius 1 is 0.962 bits per heavy atom. The van der Waals surface area contributed by atoms with Gasteiger partial charge in [-0.05, 0) is 56.7 Å². The molecule has 6 nitrogen and oxygen atoms in total. The van der Waals surface area contributed by atoms with Crippen LogP contribution < -0.4 is 20.3 Å². The summed E-state index contributed by atoms with van der Waals surface area (Å²) in [7, 11) is 1.51. The molecule has 26 heavy (non-hydrogen) atoms. The summed E-state index contributed by atoms with van der Waals surface area (Å²) in [6.45, 7) is 7.90. The summed E-state index contributed by atoms with van der Waals surface area (Å²) in [6, 6.07) is 12.7. The van der Waals surface area contributed by atoms with Crippen LogP contribution in [0, 0.1) is 6.92 Å². The predicted octanol–water partition coefficient (Wildman–Crippen LogP) is 3.43. The first-order valence-electron chi connectivity index (χ1n) is 8.61. The van der Waals surface area contributed by atoms with Crippen molar-refractivity contribution in [2.24, 2.45) is 0 Å². The lowest BCUT2D eigenvalue weighted by Crippen LogP contribution is -2.29. The summed E-state index contributed by atoms with van der Waals surface area (Å²) >= 11 is 0. The molecule has 2 aromatic rings. The molecule has 0 fully saturated rings. The fourth-order valence-electron chi connectivity index (χ4n) is 2.68. The molecular formula is C20H25N3O3. The second kappa shape index (κ2) is 8.89. The van der Waals surface area contributed by atoms with Crippen molar-refractivity contribution >= 4 is 28.9 Å². The molecule has 2 amide bonds. The summed E-state index contributed by atoms with van der Waals surface area (Å²) < 4.78 is 5.17. The maximum absolute atomic E-state index is 12.2. The molecular weight excluding hydrogens is 330 g/mol. The van der Waals surface area contributed by atoms with E-state index in [4.69, 9.17) is 4.74 Å². The lowest BCUT2D eigenvalue weighted by molar-refractivity contribution is -0.133. The van der Waals surface area contributed by atoms with Crippen molar-refractivity contribution in [3.05, 3.63) is 48.0 Å². The second-order valence-corrected chi connectivity index (χ2v) is 5.78. The fraction of sp³-hybridized carbons (Fsp3) is 0.300. The minimum absolute atomic E-state index is 0.448. The molecule has 0 saturated heterocycles. The Morgan fingerprint density at radius 2 is 1.58 bits per heavy atom. The third-order valence-corrected chi connectivity index (χ3v) is 4.15. The molecule has 0 radical (unpaired) electrons. The summed E-state index contributed by atoms with van der Waals surface area (Å²) in [5, 5.41) is 5.22. The zero-order valence-electron chi connectivity index (χ0n) is 15.6. The zero-order chi connectivity index (χ0) is 19.1. The normalized spacial score (nSPS) is 10.2. The number of aryl methyl sites for hydroxylation is 1. The fourth-order valence-corrected chi connectivity index (χ4v) is 2.68. The molecule has 0 saturated carbocycles. The number of amides is 2. The molecule has 2 rings (SSSR count). The van der Waals surface area contributed by atoms with Crippen LogP contribution in [-0.4, -0.2) is 32.0 Å². The number of ether oxygens (including phenoxy) is 1. The molecule has 0 aliphatic carbocycles. The number of hydrogen-bond acceptors (Lipinski definition) is 4. The molecule has 0 atom stereocenters. The van der Waals surface area contributed by atoms with Gasteiger partial charge in [0, 0.05) is 24.5 Å². The molecule has 6 heteroatoms. The molecule has 0 unspecified atom stereocenters. The number of carbonyl (C=O) groups excluding carboxylic acids is 2. The first-order valence-corrected chi connectivity index (χ1v) is 8.61. The molecule has 0 aliphatic rings. The highest BCUT2D eigenvalue weighted by Gasteiger charge is 2.17. The van der Waals surface area contributed by atoms with Crippen molar-refractivity contribution in [1.82, 2.24) is 0 Å². The number of carbonyl (C=O) groups is 2. The molecule has 2 aromatic carbocycles. The maximum Gasteiger partial charge on any atom is 0.314 e. The molecule has 0 spiro atoms. The number of hydrogen-bond donors (Lipinski definition) is 2. The summed E-state index contributed by atoms with van der Waals surface area (Å²) in [6.07, 6.45) is 0. The highest BCUT2D eigenvalue weighted by molar-refractivity contribution is 6.43. The quantitative estimate of drug-likeness (QED) is 0.779. The molecule has 0 bridgehead atoms. The minimum Gasteiger partial charge on any atom is -0.495 e. The van der Waals surface area contributed by atoms with Crippen LogP contribution >= 0.6 is 0 Å². The van der Waals surface area contributed by atoms with Gasteiger partial charge in [0.25, 0.3) is 0 Å². The minimum atomic E-state index is -0.748. The smallest absolute Gasteiger partial charge is 0.314 e. The van der Waals surface area contributed by atoms with Crippen LogP contribution in [0.2, 0.25) is 0 Å². The summed E-state index contributed by atoms with van der Waals surface area (Å²) in [4.78, 5) is 26.6. The van der Waals surface area contributed by atoms with E-state index < -0.39 is 11.8 Å². The highest BCUT2D eigenvalue weighted by atomic mass is 16.5. The average molecular weight is 355 g/mol. The molecule has 2 N–H and O–H groups in total. The third-order valence-electron chi connectivity index (χ3n) is 4.15. The van der Waals surface area contributed by atoms with Gasteiger partial charge in [0.05, 0.1) is 12.8 Å². The van der Waals surface area contributed by atoms with Crippen LogP contribution in [0.15, 0.2) is 42.5 Å². The van der Waals surface area contributed by atoms with Crippen LogP contribution in [0.1, 0.15) is 19.4 Å². The third kappa shape index (κ3) is 4.53. The van der Waals surface area contributed by atoms with E-state index in [2.05, 4.69) is 29.4 Å². The van der Waals surface area contributed by atoms with Gasteiger partial charge < -0.3 is 20.3 Å². The number of para-hydroxylation sites is 2. The molecule has 0 aromatic heterocycles. The van der Waals surface area contributed by atoms with Crippen LogP contribution in [0.3, 0.4) is 0 Å². The summed E-state index contributed by atoms with van der Waals surface area (Å²) in [5.74, 6) is -0.982. The Labute approximate surface area is 154 Å². The van der Waals surface area contributed by atoms with Crippen LogP contribution in [0.25, 0.3) is 0 Å². The molecule has 0 heterocycles. The van der Waals surface area contributed by atoms with Gasteiger partial charge in [-0.1, -0.05) is 12.1 Å². The number of nitrogens with one attached hydrogen (secondary N) is 2. The van der Waals surface area contributed by atoms with Crippen LogP contribution in [0.5, 0.6) is 5.75 Å². The van der Waals surface area contributed by atoms with Crippen molar-refractivity contribution in [2.75, 3.05) is 35.7 Å². The average Bonchev–Trinajstić information content (AvgIpc) is 2.65. The second-order valence-electron chi connectivity index (χ2n) is 5.78. The maximum atomic E-state index is 12.2.